The maximum atomic E-state index is 12.8. The van der Waals surface area contributed by atoms with E-state index in [1.165, 1.54) is 6.42 Å². The first-order valence-electron chi connectivity index (χ1n) is 7.72. The lowest BCUT2D eigenvalue weighted by molar-refractivity contribution is -0.141. The van der Waals surface area contributed by atoms with Crippen LogP contribution in [0.15, 0.2) is 0 Å². The van der Waals surface area contributed by atoms with Crippen LogP contribution in [0.3, 0.4) is 0 Å². The van der Waals surface area contributed by atoms with Crippen molar-refractivity contribution in [3.63, 3.8) is 0 Å². The molecule has 0 radical (unpaired) electrons. The molecule has 0 aromatic rings. The summed E-state index contributed by atoms with van der Waals surface area (Å²) in [6, 6.07) is 0. The van der Waals surface area contributed by atoms with E-state index in [1.807, 2.05) is 11.9 Å². The van der Waals surface area contributed by atoms with Crippen LogP contribution in [-0.4, -0.2) is 50.7 Å². The van der Waals surface area contributed by atoms with E-state index in [0.717, 1.165) is 58.5 Å². The topological polar surface area (TPSA) is 41.6 Å². The quantitative estimate of drug-likeness (QED) is 0.824. The maximum Gasteiger partial charge on any atom is 0.229 e. The normalized spacial score (nSPS) is 31.4. The molecule has 4 heteroatoms. The van der Waals surface area contributed by atoms with Crippen molar-refractivity contribution in [3.05, 3.63) is 0 Å². The molecule has 1 amide bonds. The minimum Gasteiger partial charge on any atom is -0.381 e. The summed E-state index contributed by atoms with van der Waals surface area (Å²) in [7, 11) is 1.96. The Bertz CT molecular complexity index is 295. The van der Waals surface area contributed by atoms with Gasteiger partial charge < -0.3 is 15.0 Å². The number of carbonyl (C=O) groups excluding carboxylic acids is 1. The average Bonchev–Trinajstić information content (AvgIpc) is 2.89. The third kappa shape index (κ3) is 3.48. The fourth-order valence-corrected chi connectivity index (χ4v) is 3.55. The van der Waals surface area contributed by atoms with Crippen molar-refractivity contribution in [2.75, 3.05) is 39.9 Å². The molecule has 110 valence electrons. The number of carbonyl (C=O) groups is 1. The molecular weight excluding hydrogens is 240 g/mol. The van der Waals surface area contributed by atoms with Crippen LogP contribution < -0.4 is 5.32 Å². The molecular formula is C15H28N2O2. The van der Waals surface area contributed by atoms with Gasteiger partial charge in [0.05, 0.1) is 12.0 Å². The van der Waals surface area contributed by atoms with Gasteiger partial charge in [0.2, 0.25) is 5.91 Å². The fraction of sp³-hybridized carbons (Fsp3) is 0.933. The van der Waals surface area contributed by atoms with E-state index in [1.54, 1.807) is 0 Å². The summed E-state index contributed by atoms with van der Waals surface area (Å²) in [6.45, 7) is 6.55. The predicted molar refractivity (Wildman–Crippen MR) is 76.0 cm³/mol. The predicted octanol–water partition coefficient (Wildman–Crippen LogP) is 1.65. The molecule has 0 aromatic carbocycles. The van der Waals surface area contributed by atoms with E-state index < -0.39 is 0 Å². The molecule has 0 bridgehead atoms. The van der Waals surface area contributed by atoms with Gasteiger partial charge in [0.1, 0.15) is 0 Å². The van der Waals surface area contributed by atoms with Gasteiger partial charge in [0, 0.05) is 26.7 Å². The van der Waals surface area contributed by atoms with Crippen molar-refractivity contribution < 1.29 is 9.53 Å². The third-order valence-electron chi connectivity index (χ3n) is 4.56. The van der Waals surface area contributed by atoms with Crippen LogP contribution in [0.25, 0.3) is 0 Å². The highest BCUT2D eigenvalue weighted by Crippen LogP contribution is 2.33. The van der Waals surface area contributed by atoms with E-state index in [9.17, 15) is 4.79 Å². The molecule has 2 unspecified atom stereocenters. The van der Waals surface area contributed by atoms with Crippen LogP contribution in [0.1, 0.15) is 39.0 Å². The molecule has 1 N–H and O–H groups in total. The van der Waals surface area contributed by atoms with Gasteiger partial charge in [0.25, 0.3) is 0 Å². The van der Waals surface area contributed by atoms with Gasteiger partial charge in [-0.05, 0) is 38.1 Å². The summed E-state index contributed by atoms with van der Waals surface area (Å²) in [5.74, 6) is 0.862. The monoisotopic (exact) mass is 268 g/mol. The van der Waals surface area contributed by atoms with E-state index in [-0.39, 0.29) is 5.41 Å². The largest absolute Gasteiger partial charge is 0.381 e. The third-order valence-corrected chi connectivity index (χ3v) is 4.56. The highest BCUT2D eigenvalue weighted by atomic mass is 16.5. The second-order valence-electron chi connectivity index (χ2n) is 6.23. The second-order valence-corrected chi connectivity index (χ2v) is 6.23. The van der Waals surface area contributed by atoms with Crippen molar-refractivity contribution in [3.8, 4) is 0 Å². The average molecular weight is 268 g/mol. The first-order valence-corrected chi connectivity index (χ1v) is 7.72. The number of nitrogens with one attached hydrogen (secondary N) is 1. The van der Waals surface area contributed by atoms with Crippen LogP contribution in [0.2, 0.25) is 0 Å². The summed E-state index contributed by atoms with van der Waals surface area (Å²) < 4.78 is 5.51. The van der Waals surface area contributed by atoms with Gasteiger partial charge in [0.15, 0.2) is 0 Å². The Labute approximate surface area is 116 Å². The molecule has 2 aliphatic heterocycles. The van der Waals surface area contributed by atoms with Crippen LogP contribution in [0, 0.1) is 11.3 Å². The lowest BCUT2D eigenvalue weighted by atomic mass is 9.81. The van der Waals surface area contributed by atoms with E-state index in [2.05, 4.69) is 12.2 Å². The van der Waals surface area contributed by atoms with Gasteiger partial charge in [-0.2, -0.15) is 0 Å². The Morgan fingerprint density at radius 1 is 1.53 bits per heavy atom. The Balaban J connectivity index is 1.92. The molecule has 0 saturated carbocycles. The van der Waals surface area contributed by atoms with E-state index in [4.69, 9.17) is 4.74 Å². The van der Waals surface area contributed by atoms with Crippen LogP contribution in [0.5, 0.6) is 0 Å². The van der Waals surface area contributed by atoms with Crippen molar-refractivity contribution in [1.82, 2.24) is 10.2 Å². The second kappa shape index (κ2) is 6.71. The first-order chi connectivity index (χ1) is 9.18. The molecule has 2 atom stereocenters. The van der Waals surface area contributed by atoms with Crippen LogP contribution in [0.4, 0.5) is 0 Å². The zero-order valence-electron chi connectivity index (χ0n) is 12.4. The molecule has 2 rings (SSSR count). The summed E-state index contributed by atoms with van der Waals surface area (Å²) >= 11 is 0. The lowest BCUT2D eigenvalue weighted by Gasteiger charge is -2.34. The van der Waals surface area contributed by atoms with Gasteiger partial charge in [-0.3, -0.25) is 4.79 Å². The maximum absolute atomic E-state index is 12.8. The number of ether oxygens (including phenoxy) is 1. The van der Waals surface area contributed by atoms with Gasteiger partial charge in [-0.15, -0.1) is 0 Å². The number of amides is 1. The molecule has 2 aliphatic rings. The molecule has 4 nitrogen and oxygen atoms in total. The van der Waals surface area contributed by atoms with Gasteiger partial charge in [-0.25, -0.2) is 0 Å². The number of hydrogen-bond donors (Lipinski definition) is 1. The zero-order chi connectivity index (χ0) is 13.7. The molecule has 2 heterocycles. The van der Waals surface area contributed by atoms with E-state index in [0.29, 0.717) is 11.8 Å². The van der Waals surface area contributed by atoms with Crippen molar-refractivity contribution >= 4 is 5.91 Å². The minimum atomic E-state index is -0.140. The van der Waals surface area contributed by atoms with Crippen molar-refractivity contribution in [1.29, 1.82) is 0 Å². The van der Waals surface area contributed by atoms with Gasteiger partial charge in [-0.1, -0.05) is 13.3 Å². The standard InChI is InChI=1S/C15H28N2O2/c1-3-6-15(7-8-16-12-15)14(18)17(2)10-13-5-4-9-19-11-13/h13,16H,3-12H2,1-2H3. The zero-order valence-corrected chi connectivity index (χ0v) is 12.4. The van der Waals surface area contributed by atoms with Crippen LogP contribution in [-0.2, 0) is 9.53 Å². The molecule has 0 aromatic heterocycles. The number of hydrogen-bond acceptors (Lipinski definition) is 3. The Morgan fingerprint density at radius 2 is 2.37 bits per heavy atom. The Kier molecular flexibility index (Phi) is 5.22. The Hall–Kier alpha value is -0.610. The summed E-state index contributed by atoms with van der Waals surface area (Å²) in [5.41, 5.74) is -0.140. The molecule has 2 fully saturated rings. The first kappa shape index (κ1) is 14.8. The molecule has 2 saturated heterocycles. The summed E-state index contributed by atoms with van der Waals surface area (Å²) in [5, 5.41) is 3.37. The van der Waals surface area contributed by atoms with E-state index >= 15 is 0 Å². The smallest absolute Gasteiger partial charge is 0.229 e. The van der Waals surface area contributed by atoms with Gasteiger partial charge >= 0.3 is 0 Å². The summed E-state index contributed by atoms with van der Waals surface area (Å²) in [6.07, 6.45) is 5.40. The minimum absolute atomic E-state index is 0.140. The number of nitrogens with zero attached hydrogens (tertiary/aromatic N) is 1. The van der Waals surface area contributed by atoms with Crippen LogP contribution >= 0.6 is 0 Å². The summed E-state index contributed by atoms with van der Waals surface area (Å²) in [4.78, 5) is 14.7. The Morgan fingerprint density at radius 3 is 2.95 bits per heavy atom. The fourth-order valence-electron chi connectivity index (χ4n) is 3.55. The van der Waals surface area contributed by atoms with Crippen molar-refractivity contribution in [2.24, 2.45) is 11.3 Å². The molecule has 19 heavy (non-hydrogen) atoms. The highest BCUT2D eigenvalue weighted by Gasteiger charge is 2.42. The highest BCUT2D eigenvalue weighted by molar-refractivity contribution is 5.83. The van der Waals surface area contributed by atoms with Crippen molar-refractivity contribution in [2.45, 2.75) is 39.0 Å². The molecule has 0 spiro atoms. The SMILES string of the molecule is CCCC1(C(=O)N(C)CC2CCCOC2)CCNC1. The number of rotatable bonds is 5. The lowest BCUT2D eigenvalue weighted by Crippen LogP contribution is -2.46. The molecule has 0 aliphatic carbocycles.